The summed E-state index contributed by atoms with van der Waals surface area (Å²) < 4.78 is 20.9. The van der Waals surface area contributed by atoms with E-state index in [9.17, 15) is 33.9 Å². The van der Waals surface area contributed by atoms with Gasteiger partial charge in [-0.1, -0.05) is 117 Å². The van der Waals surface area contributed by atoms with Gasteiger partial charge in [0.25, 0.3) is 0 Å². The average Bonchev–Trinajstić information content (AvgIpc) is 3.20. The number of carbonyl (C=O) groups excluding carboxylic acids is 4. The van der Waals surface area contributed by atoms with Crippen molar-refractivity contribution in [1.82, 2.24) is 10.6 Å². The third kappa shape index (κ3) is 47.6. The zero-order chi connectivity index (χ0) is 44.0. The number of carboxylic acids is 2. The molecule has 0 aromatic heterocycles. The van der Waals surface area contributed by atoms with Crippen LogP contribution < -0.4 is 10.6 Å². The van der Waals surface area contributed by atoms with Crippen LogP contribution in [0.3, 0.4) is 0 Å². The Morgan fingerprint density at radius 2 is 0.949 bits per heavy atom. The summed E-state index contributed by atoms with van der Waals surface area (Å²) in [6.07, 6.45) is 24.2. The van der Waals surface area contributed by atoms with Gasteiger partial charge in [-0.25, -0.2) is 4.79 Å². The molecule has 59 heavy (non-hydrogen) atoms. The van der Waals surface area contributed by atoms with Crippen LogP contribution >= 0.6 is 0 Å². The number of ether oxygens (including phenoxy) is 4. The molecule has 0 fully saturated rings. The van der Waals surface area contributed by atoms with E-state index in [0.29, 0.717) is 71.9 Å². The topological polar surface area (TPSA) is 204 Å². The molecule has 0 bridgehead atoms. The fourth-order valence-electron chi connectivity index (χ4n) is 6.06. The molecule has 0 aliphatic carbocycles. The number of hydrogen-bond donors (Lipinski definition) is 4. The van der Waals surface area contributed by atoms with E-state index in [-0.39, 0.29) is 49.4 Å². The zero-order valence-corrected chi connectivity index (χ0v) is 37.3. The van der Waals surface area contributed by atoms with Crippen molar-refractivity contribution in [3.05, 3.63) is 0 Å². The molecule has 0 spiro atoms. The number of nitrogens with one attached hydrogen (secondary N) is 2. The molecule has 0 aliphatic rings. The van der Waals surface area contributed by atoms with Crippen LogP contribution in [0.25, 0.3) is 0 Å². The summed E-state index contributed by atoms with van der Waals surface area (Å²) in [6.45, 7) is 9.34. The molecule has 4 N–H and O–H groups in total. The predicted octanol–water partition coefficient (Wildman–Crippen LogP) is 8.15. The van der Waals surface area contributed by atoms with E-state index in [1.54, 1.807) is 0 Å². The lowest BCUT2D eigenvalue weighted by Crippen LogP contribution is -2.41. The van der Waals surface area contributed by atoms with Crippen molar-refractivity contribution in [3.63, 3.8) is 0 Å². The van der Waals surface area contributed by atoms with Crippen LogP contribution in [0.1, 0.15) is 188 Å². The summed E-state index contributed by atoms with van der Waals surface area (Å²) in [4.78, 5) is 68.3. The molecular weight excluding hydrogens is 760 g/mol. The number of hydrogen-bond acceptors (Lipinski definition) is 10. The van der Waals surface area contributed by atoms with Gasteiger partial charge in [-0.2, -0.15) is 0 Å². The van der Waals surface area contributed by atoms with Crippen LogP contribution in [0.2, 0.25) is 0 Å². The maximum Gasteiger partial charge on any atom is 0.326 e. The number of amides is 2. The molecule has 0 unspecified atom stereocenters. The van der Waals surface area contributed by atoms with Crippen molar-refractivity contribution in [2.24, 2.45) is 0 Å². The standard InChI is InChI=1S/C26H47NO6.C19H37NO6/c1-2-17-22(28)20-21-23(26(32)33)27-24(29)18-15-13-11-9-7-5-3-4-6-8-10-12-14-16-19-25(30)31;1-3-5-6-7-8-9-18(21)16-25-15-13-24-11-10-20-19(22)17-26-14-12-23-4-2/h23H,2-21H2,1H3,(H,27,29)(H,30,31)(H,32,33);3-17H2,1-2H3,(H,20,22)/t23-;/m0./s1. The Labute approximate surface area is 356 Å². The summed E-state index contributed by atoms with van der Waals surface area (Å²) in [6, 6.07) is -0.977. The van der Waals surface area contributed by atoms with E-state index in [2.05, 4.69) is 17.6 Å². The van der Waals surface area contributed by atoms with Crippen molar-refractivity contribution >= 4 is 35.3 Å². The van der Waals surface area contributed by atoms with Gasteiger partial charge in [-0.3, -0.25) is 24.0 Å². The van der Waals surface area contributed by atoms with Gasteiger partial charge in [-0.05, 0) is 39.0 Å². The summed E-state index contributed by atoms with van der Waals surface area (Å²) in [5.41, 5.74) is 0. The minimum atomic E-state index is -1.08. The third-order valence-electron chi connectivity index (χ3n) is 9.49. The van der Waals surface area contributed by atoms with Crippen molar-refractivity contribution in [2.75, 3.05) is 59.4 Å². The van der Waals surface area contributed by atoms with Crippen molar-refractivity contribution < 1.29 is 57.9 Å². The normalized spacial score (nSPS) is 11.4. The first kappa shape index (κ1) is 58.2. The maximum absolute atomic E-state index is 12.0. The highest BCUT2D eigenvalue weighted by atomic mass is 16.5. The first-order chi connectivity index (χ1) is 28.6. The Morgan fingerprint density at radius 1 is 0.458 bits per heavy atom. The van der Waals surface area contributed by atoms with Crippen molar-refractivity contribution in [1.29, 1.82) is 0 Å². The van der Waals surface area contributed by atoms with Crippen LogP contribution in [0.15, 0.2) is 0 Å². The van der Waals surface area contributed by atoms with Gasteiger partial charge >= 0.3 is 11.9 Å². The number of unbranched alkanes of at least 4 members (excludes halogenated alkanes) is 17. The lowest BCUT2D eigenvalue weighted by atomic mass is 10.0. The molecule has 14 nitrogen and oxygen atoms in total. The Hall–Kier alpha value is -2.94. The molecule has 0 radical (unpaired) electrons. The molecular formula is C45H84N2O12. The second kappa shape index (κ2) is 46.1. The molecule has 1 atom stereocenters. The molecule has 0 aliphatic heterocycles. The quantitative estimate of drug-likeness (QED) is 0.0429. The first-order valence-electron chi connectivity index (χ1n) is 22.9. The van der Waals surface area contributed by atoms with Gasteiger partial charge in [0.05, 0.1) is 33.0 Å². The van der Waals surface area contributed by atoms with Crippen molar-refractivity contribution in [2.45, 2.75) is 194 Å². The van der Waals surface area contributed by atoms with Crippen LogP contribution in [0.4, 0.5) is 0 Å². The van der Waals surface area contributed by atoms with E-state index in [1.807, 2.05) is 13.8 Å². The highest BCUT2D eigenvalue weighted by Crippen LogP contribution is 2.14. The molecule has 0 aromatic carbocycles. The second-order valence-corrected chi connectivity index (χ2v) is 15.1. The molecule has 0 saturated carbocycles. The van der Waals surface area contributed by atoms with Crippen LogP contribution in [0.5, 0.6) is 0 Å². The SMILES string of the molecule is CCCC(=O)CC[C@H](NC(=O)CCCCCCCCCCCCCCCCC(=O)O)C(=O)O.CCCCCCCC(=O)COCCOCCNC(=O)COCCOCC. The highest BCUT2D eigenvalue weighted by molar-refractivity contribution is 5.84. The van der Waals surface area contributed by atoms with Gasteiger partial charge in [0, 0.05) is 45.3 Å². The molecule has 0 saturated heterocycles. The van der Waals surface area contributed by atoms with Crippen LogP contribution in [0, 0.1) is 0 Å². The number of rotatable bonds is 44. The first-order valence-corrected chi connectivity index (χ1v) is 22.9. The third-order valence-corrected chi connectivity index (χ3v) is 9.49. The zero-order valence-electron chi connectivity index (χ0n) is 37.3. The Kier molecular flexibility index (Phi) is 45.5. The molecule has 0 heterocycles. The molecule has 14 heteroatoms. The summed E-state index contributed by atoms with van der Waals surface area (Å²) in [7, 11) is 0. The Bertz CT molecular complexity index is 1010. The van der Waals surface area contributed by atoms with Gasteiger partial charge in [-0.15, -0.1) is 0 Å². The van der Waals surface area contributed by atoms with E-state index in [4.69, 9.17) is 24.1 Å². The summed E-state index contributed by atoms with van der Waals surface area (Å²) in [5, 5.41) is 23.1. The summed E-state index contributed by atoms with van der Waals surface area (Å²) in [5.74, 6) is -2.00. The number of Topliss-reactive ketones (excluding diaryl/α,β-unsaturated/α-hetero) is 2. The van der Waals surface area contributed by atoms with Crippen LogP contribution in [-0.2, 0) is 47.7 Å². The Balaban J connectivity index is 0. The highest BCUT2D eigenvalue weighted by Gasteiger charge is 2.20. The fraction of sp³-hybridized carbons (Fsp3) is 0.867. The van der Waals surface area contributed by atoms with Crippen molar-refractivity contribution in [3.8, 4) is 0 Å². The Morgan fingerprint density at radius 3 is 1.47 bits per heavy atom. The van der Waals surface area contributed by atoms with E-state index in [0.717, 1.165) is 57.8 Å². The molecule has 346 valence electrons. The van der Waals surface area contributed by atoms with E-state index in [1.165, 1.54) is 70.6 Å². The monoisotopic (exact) mass is 845 g/mol. The minimum Gasteiger partial charge on any atom is -0.481 e. The molecule has 2 amide bonds. The number of carbonyl (C=O) groups is 6. The van der Waals surface area contributed by atoms with E-state index < -0.39 is 18.0 Å². The van der Waals surface area contributed by atoms with E-state index >= 15 is 0 Å². The fourth-order valence-corrected chi connectivity index (χ4v) is 6.06. The van der Waals surface area contributed by atoms with Crippen LogP contribution in [-0.4, -0.2) is 111 Å². The number of aliphatic carboxylic acids is 2. The largest absolute Gasteiger partial charge is 0.481 e. The van der Waals surface area contributed by atoms with Gasteiger partial charge in [0.15, 0.2) is 5.78 Å². The van der Waals surface area contributed by atoms with Gasteiger partial charge in [0.2, 0.25) is 11.8 Å². The lowest BCUT2D eigenvalue weighted by Gasteiger charge is -2.14. The predicted molar refractivity (Wildman–Crippen MR) is 231 cm³/mol. The minimum absolute atomic E-state index is 0.0245. The lowest BCUT2D eigenvalue weighted by molar-refractivity contribution is -0.142. The maximum atomic E-state index is 12.0. The molecule has 0 aromatic rings. The molecule has 0 rings (SSSR count). The number of ketones is 2. The smallest absolute Gasteiger partial charge is 0.326 e. The summed E-state index contributed by atoms with van der Waals surface area (Å²) >= 11 is 0. The van der Waals surface area contributed by atoms with Gasteiger partial charge in [0.1, 0.15) is 25.0 Å². The second-order valence-electron chi connectivity index (χ2n) is 15.1. The van der Waals surface area contributed by atoms with Gasteiger partial charge < -0.3 is 39.8 Å². The number of carboxylic acid groups (broad SMARTS) is 2. The average molecular weight is 845 g/mol.